The first kappa shape index (κ1) is 16.8. The number of benzene rings is 1. The van der Waals surface area contributed by atoms with E-state index in [1.165, 1.54) is 7.11 Å². The highest BCUT2D eigenvalue weighted by Crippen LogP contribution is 2.29. The van der Waals surface area contributed by atoms with Crippen LogP contribution in [0.25, 0.3) is 0 Å². The van der Waals surface area contributed by atoms with Crippen LogP contribution in [-0.4, -0.2) is 29.8 Å². The topological polar surface area (TPSA) is 101 Å². The molecule has 0 unspecified atom stereocenters. The summed E-state index contributed by atoms with van der Waals surface area (Å²) in [7, 11) is 1.49. The number of hydrazone groups is 1. The highest BCUT2D eigenvalue weighted by molar-refractivity contribution is 6.06. The van der Waals surface area contributed by atoms with E-state index in [0.717, 1.165) is 6.42 Å². The molecule has 0 fully saturated rings. The Hall–Kier alpha value is -3.09. The summed E-state index contributed by atoms with van der Waals surface area (Å²) in [6, 6.07) is 6.85. The number of nitrogens with zero attached hydrogens (tertiary/aromatic N) is 1. The van der Waals surface area contributed by atoms with Gasteiger partial charge in [0.25, 0.3) is 5.91 Å². The number of carbonyl (C=O) groups excluding carboxylic acids is 1. The van der Waals surface area contributed by atoms with Crippen molar-refractivity contribution in [3.63, 3.8) is 0 Å². The molecule has 1 heterocycles. The zero-order chi connectivity index (χ0) is 18.0. The summed E-state index contributed by atoms with van der Waals surface area (Å²) in [5, 5.41) is 13.4. The van der Waals surface area contributed by atoms with Crippen molar-refractivity contribution in [2.75, 3.05) is 7.11 Å². The number of hydrogen-bond donors (Lipinski definition) is 2. The van der Waals surface area contributed by atoms with Gasteiger partial charge >= 0.3 is 5.97 Å². The van der Waals surface area contributed by atoms with Crippen molar-refractivity contribution in [3.05, 3.63) is 52.5 Å². The van der Waals surface area contributed by atoms with Gasteiger partial charge in [0, 0.05) is 17.5 Å². The molecule has 25 heavy (non-hydrogen) atoms. The quantitative estimate of drug-likeness (QED) is 0.832. The third-order valence-electron chi connectivity index (χ3n) is 4.16. The molecule has 1 aromatic carbocycles. The Morgan fingerprint density at radius 1 is 1.28 bits per heavy atom. The summed E-state index contributed by atoms with van der Waals surface area (Å²) in [5.41, 5.74) is 4.75. The Kier molecular flexibility index (Phi) is 4.56. The van der Waals surface area contributed by atoms with Crippen LogP contribution in [0.2, 0.25) is 0 Å². The van der Waals surface area contributed by atoms with Crippen molar-refractivity contribution in [1.29, 1.82) is 0 Å². The standard InChI is InChI=1S/C18H18N2O5/c1-10-15-12(7-5-9-14(15)25-16(10)18(22)23)19-20-17(21)11-6-3-4-8-13(11)24-2/h3-4,6,8H,5,7,9H2,1-2H3,(H,20,21)(H,22,23)/b19-12+. The lowest BCUT2D eigenvalue weighted by Gasteiger charge is -2.14. The van der Waals surface area contributed by atoms with E-state index in [9.17, 15) is 14.7 Å². The van der Waals surface area contributed by atoms with E-state index in [0.29, 0.717) is 46.8 Å². The number of fused-ring (bicyclic) bond motifs is 1. The number of hydrogen-bond acceptors (Lipinski definition) is 5. The predicted octanol–water partition coefficient (Wildman–Crippen LogP) is 2.77. The number of aromatic carboxylic acids is 1. The summed E-state index contributed by atoms with van der Waals surface area (Å²) in [6.07, 6.45) is 2.07. The zero-order valence-corrected chi connectivity index (χ0v) is 14.0. The minimum Gasteiger partial charge on any atom is -0.496 e. The second-order valence-corrected chi connectivity index (χ2v) is 5.71. The number of amides is 1. The molecular formula is C18H18N2O5. The second-order valence-electron chi connectivity index (χ2n) is 5.71. The number of aryl methyl sites for hydroxylation is 1. The van der Waals surface area contributed by atoms with Crippen LogP contribution in [-0.2, 0) is 6.42 Å². The molecule has 0 aliphatic heterocycles. The Morgan fingerprint density at radius 2 is 2.04 bits per heavy atom. The number of rotatable bonds is 4. The Bertz CT molecular complexity index is 866. The fraction of sp³-hybridized carbons (Fsp3) is 0.278. The SMILES string of the molecule is COc1ccccc1C(=O)N/N=C1\CCCc2oc(C(=O)O)c(C)c21. The van der Waals surface area contributed by atoms with E-state index in [4.69, 9.17) is 9.15 Å². The first-order valence-electron chi connectivity index (χ1n) is 7.88. The van der Waals surface area contributed by atoms with Crippen LogP contribution >= 0.6 is 0 Å². The van der Waals surface area contributed by atoms with Gasteiger partial charge in [0.05, 0.1) is 18.4 Å². The molecular weight excluding hydrogens is 324 g/mol. The first-order valence-corrected chi connectivity index (χ1v) is 7.88. The van der Waals surface area contributed by atoms with Crippen molar-refractivity contribution < 1.29 is 23.8 Å². The highest BCUT2D eigenvalue weighted by Gasteiger charge is 2.27. The van der Waals surface area contributed by atoms with Gasteiger partial charge in [-0.25, -0.2) is 10.2 Å². The number of carbonyl (C=O) groups is 2. The smallest absolute Gasteiger partial charge is 0.372 e. The molecule has 7 nitrogen and oxygen atoms in total. The number of ether oxygens (including phenoxy) is 1. The van der Waals surface area contributed by atoms with Gasteiger partial charge in [-0.1, -0.05) is 12.1 Å². The average molecular weight is 342 g/mol. The Morgan fingerprint density at radius 3 is 2.76 bits per heavy atom. The van der Waals surface area contributed by atoms with Crippen LogP contribution in [0.1, 0.15) is 50.6 Å². The van der Waals surface area contributed by atoms with Gasteiger partial charge in [0.2, 0.25) is 5.76 Å². The van der Waals surface area contributed by atoms with Crippen molar-refractivity contribution >= 4 is 17.6 Å². The fourth-order valence-corrected chi connectivity index (χ4v) is 2.99. The summed E-state index contributed by atoms with van der Waals surface area (Å²) in [5.74, 6) is -0.514. The third kappa shape index (κ3) is 3.13. The number of furan rings is 1. The molecule has 2 aromatic rings. The van der Waals surface area contributed by atoms with Gasteiger partial charge in [-0.3, -0.25) is 4.79 Å². The minimum absolute atomic E-state index is 0.0735. The maximum atomic E-state index is 12.4. The maximum absolute atomic E-state index is 12.4. The minimum atomic E-state index is -1.11. The maximum Gasteiger partial charge on any atom is 0.372 e. The summed E-state index contributed by atoms with van der Waals surface area (Å²) >= 11 is 0. The molecule has 1 amide bonds. The van der Waals surface area contributed by atoms with Gasteiger partial charge in [-0.15, -0.1) is 0 Å². The molecule has 7 heteroatoms. The van der Waals surface area contributed by atoms with Crippen molar-refractivity contribution in [2.24, 2.45) is 5.10 Å². The van der Waals surface area contributed by atoms with Crippen molar-refractivity contribution in [1.82, 2.24) is 5.43 Å². The number of nitrogens with one attached hydrogen (secondary N) is 1. The lowest BCUT2D eigenvalue weighted by atomic mass is 9.93. The van der Waals surface area contributed by atoms with Crippen LogP contribution in [0, 0.1) is 6.92 Å². The molecule has 1 aliphatic rings. The van der Waals surface area contributed by atoms with Crippen LogP contribution in [0.15, 0.2) is 33.8 Å². The largest absolute Gasteiger partial charge is 0.496 e. The molecule has 130 valence electrons. The van der Waals surface area contributed by atoms with Crippen molar-refractivity contribution in [3.8, 4) is 5.75 Å². The first-order chi connectivity index (χ1) is 12.0. The zero-order valence-electron chi connectivity index (χ0n) is 14.0. The molecule has 2 N–H and O–H groups in total. The van der Waals surface area contributed by atoms with Crippen LogP contribution in [0.5, 0.6) is 5.75 Å². The molecule has 0 saturated heterocycles. The molecule has 1 aromatic heterocycles. The van der Waals surface area contributed by atoms with Gasteiger partial charge in [-0.2, -0.15) is 5.10 Å². The van der Waals surface area contributed by atoms with Crippen LogP contribution < -0.4 is 10.2 Å². The lowest BCUT2D eigenvalue weighted by Crippen LogP contribution is -2.22. The van der Waals surface area contributed by atoms with Crippen molar-refractivity contribution in [2.45, 2.75) is 26.2 Å². The van der Waals surface area contributed by atoms with Crippen LogP contribution in [0.4, 0.5) is 0 Å². The fourth-order valence-electron chi connectivity index (χ4n) is 2.99. The monoisotopic (exact) mass is 342 g/mol. The number of carboxylic acids is 1. The third-order valence-corrected chi connectivity index (χ3v) is 4.16. The van der Waals surface area contributed by atoms with Gasteiger partial charge in [0.15, 0.2) is 0 Å². The van der Waals surface area contributed by atoms with Crippen LogP contribution in [0.3, 0.4) is 0 Å². The number of carboxylic acid groups (broad SMARTS) is 1. The number of para-hydroxylation sites is 1. The molecule has 0 saturated carbocycles. The van der Waals surface area contributed by atoms with E-state index in [-0.39, 0.29) is 5.76 Å². The van der Waals surface area contributed by atoms with Gasteiger partial charge in [0.1, 0.15) is 11.5 Å². The Labute approximate surface area is 144 Å². The lowest BCUT2D eigenvalue weighted by molar-refractivity contribution is 0.0659. The summed E-state index contributed by atoms with van der Waals surface area (Å²) < 4.78 is 10.6. The summed E-state index contributed by atoms with van der Waals surface area (Å²) in [4.78, 5) is 23.6. The van der Waals surface area contributed by atoms with E-state index < -0.39 is 11.9 Å². The number of methoxy groups -OCH3 is 1. The van der Waals surface area contributed by atoms with E-state index in [1.54, 1.807) is 31.2 Å². The van der Waals surface area contributed by atoms with Gasteiger partial charge < -0.3 is 14.3 Å². The van der Waals surface area contributed by atoms with E-state index in [2.05, 4.69) is 10.5 Å². The van der Waals surface area contributed by atoms with E-state index in [1.807, 2.05) is 0 Å². The average Bonchev–Trinajstić information content (AvgIpc) is 2.97. The molecule has 0 radical (unpaired) electrons. The molecule has 1 aliphatic carbocycles. The molecule has 0 spiro atoms. The molecule has 0 bridgehead atoms. The predicted molar refractivity (Wildman–Crippen MR) is 90.3 cm³/mol. The van der Waals surface area contributed by atoms with E-state index >= 15 is 0 Å². The molecule has 3 rings (SSSR count). The normalized spacial score (nSPS) is 14.9. The highest BCUT2D eigenvalue weighted by atomic mass is 16.5. The summed E-state index contributed by atoms with van der Waals surface area (Å²) in [6.45, 7) is 1.69. The second kappa shape index (κ2) is 6.80. The Balaban J connectivity index is 1.89. The van der Waals surface area contributed by atoms with Gasteiger partial charge in [-0.05, 0) is 31.9 Å². The molecule has 0 atom stereocenters.